The van der Waals surface area contributed by atoms with Gasteiger partial charge in [0.1, 0.15) is 5.75 Å². The summed E-state index contributed by atoms with van der Waals surface area (Å²) in [5.41, 5.74) is 4.02. The number of nitrogens with one attached hydrogen (secondary N) is 1. The first-order chi connectivity index (χ1) is 9.10. The number of benzene rings is 1. The van der Waals surface area contributed by atoms with E-state index in [-0.39, 0.29) is 12.1 Å². The minimum absolute atomic E-state index is 0.0341. The highest BCUT2D eigenvalue weighted by Gasteiger charge is 2.14. The molecule has 19 heavy (non-hydrogen) atoms. The Morgan fingerprint density at radius 2 is 1.79 bits per heavy atom. The summed E-state index contributed by atoms with van der Waals surface area (Å²) in [5, 5.41) is 0. The Balaban J connectivity index is 2.19. The number of hydrogen-bond donors (Lipinski definition) is 2. The van der Waals surface area contributed by atoms with E-state index in [0.717, 1.165) is 11.3 Å². The molecule has 1 unspecified atom stereocenters. The van der Waals surface area contributed by atoms with Gasteiger partial charge in [-0.25, -0.2) is 5.43 Å². The number of rotatable bonds is 5. The second-order valence-corrected chi connectivity index (χ2v) is 6.10. The first-order valence-electron chi connectivity index (χ1n) is 6.39. The van der Waals surface area contributed by atoms with Crippen LogP contribution in [0.4, 0.5) is 0 Å². The summed E-state index contributed by atoms with van der Waals surface area (Å²) < 4.78 is 5.64. The molecule has 1 aromatic heterocycles. The normalized spacial score (nSPS) is 12.7. The monoisotopic (exact) mass is 276 g/mol. The Bertz CT molecular complexity index is 519. The van der Waals surface area contributed by atoms with Gasteiger partial charge in [-0.1, -0.05) is 12.1 Å². The molecular weight excluding hydrogens is 256 g/mol. The average molecular weight is 276 g/mol. The molecule has 1 heterocycles. The predicted octanol–water partition coefficient (Wildman–Crippen LogP) is 3.40. The standard InChI is InChI=1S/C15H20N2OS/c1-10(2)18-13-7-5-12(6-8-13)15(17-16)14-9-4-11(3)19-14/h4-10,15,17H,16H2,1-3H3. The fraction of sp³-hybridized carbons (Fsp3) is 0.333. The van der Waals surface area contributed by atoms with Crippen molar-refractivity contribution < 1.29 is 4.74 Å². The van der Waals surface area contributed by atoms with E-state index in [1.807, 2.05) is 26.0 Å². The van der Waals surface area contributed by atoms with E-state index in [2.05, 4.69) is 36.6 Å². The van der Waals surface area contributed by atoms with Crippen molar-refractivity contribution in [2.45, 2.75) is 32.9 Å². The van der Waals surface area contributed by atoms with Crippen LogP contribution in [0.1, 0.15) is 35.2 Å². The zero-order valence-electron chi connectivity index (χ0n) is 11.5. The predicted molar refractivity (Wildman–Crippen MR) is 80.4 cm³/mol. The SMILES string of the molecule is Cc1ccc(C(NN)c2ccc(OC(C)C)cc2)s1. The first-order valence-corrected chi connectivity index (χ1v) is 7.21. The van der Waals surface area contributed by atoms with Crippen molar-refractivity contribution in [3.8, 4) is 5.75 Å². The van der Waals surface area contributed by atoms with Gasteiger partial charge in [0.25, 0.3) is 0 Å². The third kappa shape index (κ3) is 3.56. The minimum atomic E-state index is 0.0341. The highest BCUT2D eigenvalue weighted by atomic mass is 32.1. The summed E-state index contributed by atoms with van der Waals surface area (Å²) in [4.78, 5) is 2.51. The number of hydrazine groups is 1. The molecule has 4 heteroatoms. The molecule has 0 aliphatic carbocycles. The highest BCUT2D eigenvalue weighted by molar-refractivity contribution is 7.12. The van der Waals surface area contributed by atoms with Crippen LogP contribution >= 0.6 is 11.3 Å². The van der Waals surface area contributed by atoms with E-state index in [9.17, 15) is 0 Å². The molecule has 0 spiro atoms. The van der Waals surface area contributed by atoms with Gasteiger partial charge in [0.2, 0.25) is 0 Å². The Morgan fingerprint density at radius 1 is 1.11 bits per heavy atom. The van der Waals surface area contributed by atoms with Crippen molar-refractivity contribution in [3.63, 3.8) is 0 Å². The van der Waals surface area contributed by atoms with Gasteiger partial charge >= 0.3 is 0 Å². The van der Waals surface area contributed by atoms with Gasteiger partial charge in [-0.05, 0) is 50.6 Å². The maximum atomic E-state index is 5.69. The summed E-state index contributed by atoms with van der Waals surface area (Å²) >= 11 is 1.76. The lowest BCUT2D eigenvalue weighted by Crippen LogP contribution is -2.28. The van der Waals surface area contributed by atoms with Crippen LogP contribution < -0.4 is 16.0 Å². The number of thiophene rings is 1. The second-order valence-electron chi connectivity index (χ2n) is 4.78. The quantitative estimate of drug-likeness (QED) is 0.650. The summed E-state index contributed by atoms with van der Waals surface area (Å²) in [6.45, 7) is 6.14. The van der Waals surface area contributed by atoms with E-state index in [0.29, 0.717) is 0 Å². The second kappa shape index (κ2) is 6.19. The Hall–Kier alpha value is -1.36. The lowest BCUT2D eigenvalue weighted by molar-refractivity contribution is 0.242. The van der Waals surface area contributed by atoms with Gasteiger partial charge in [-0.15, -0.1) is 11.3 Å². The zero-order valence-corrected chi connectivity index (χ0v) is 12.3. The third-order valence-electron chi connectivity index (χ3n) is 2.80. The number of aryl methyl sites for hydroxylation is 1. The minimum Gasteiger partial charge on any atom is -0.491 e. The molecule has 0 radical (unpaired) electrons. The van der Waals surface area contributed by atoms with Crippen LogP contribution in [0, 0.1) is 6.92 Å². The van der Waals surface area contributed by atoms with Crippen molar-refractivity contribution in [1.82, 2.24) is 5.43 Å². The number of hydrogen-bond acceptors (Lipinski definition) is 4. The Morgan fingerprint density at radius 3 is 2.26 bits per heavy atom. The topological polar surface area (TPSA) is 47.3 Å². The van der Waals surface area contributed by atoms with E-state index in [1.54, 1.807) is 11.3 Å². The lowest BCUT2D eigenvalue weighted by atomic mass is 10.1. The van der Waals surface area contributed by atoms with Crippen LogP contribution in [-0.4, -0.2) is 6.10 Å². The van der Waals surface area contributed by atoms with Crippen LogP contribution in [0.2, 0.25) is 0 Å². The smallest absolute Gasteiger partial charge is 0.119 e. The van der Waals surface area contributed by atoms with E-state index in [4.69, 9.17) is 10.6 Å². The third-order valence-corrected chi connectivity index (χ3v) is 3.86. The molecule has 0 saturated carbocycles. The van der Waals surface area contributed by atoms with Crippen molar-refractivity contribution in [2.24, 2.45) is 5.84 Å². The molecule has 0 bridgehead atoms. The van der Waals surface area contributed by atoms with Crippen molar-refractivity contribution in [2.75, 3.05) is 0 Å². The Kier molecular flexibility index (Phi) is 4.58. The van der Waals surface area contributed by atoms with Gasteiger partial charge in [0.05, 0.1) is 12.1 Å². The summed E-state index contributed by atoms with van der Waals surface area (Å²) in [6, 6.07) is 12.3. The summed E-state index contributed by atoms with van der Waals surface area (Å²) in [6.07, 6.45) is 0.189. The molecule has 2 aromatic rings. The fourth-order valence-electron chi connectivity index (χ4n) is 1.96. The lowest BCUT2D eigenvalue weighted by Gasteiger charge is -2.16. The van der Waals surface area contributed by atoms with Crippen molar-refractivity contribution in [1.29, 1.82) is 0 Å². The fourth-order valence-corrected chi connectivity index (χ4v) is 2.93. The van der Waals surface area contributed by atoms with Gasteiger partial charge in [-0.3, -0.25) is 5.84 Å². The van der Waals surface area contributed by atoms with Crippen LogP contribution in [0.5, 0.6) is 5.75 Å². The maximum absolute atomic E-state index is 5.69. The van der Waals surface area contributed by atoms with Crippen LogP contribution in [0.15, 0.2) is 36.4 Å². The molecule has 1 aromatic carbocycles. The first kappa shape index (κ1) is 14.1. The summed E-state index contributed by atoms with van der Waals surface area (Å²) in [7, 11) is 0. The number of ether oxygens (including phenoxy) is 1. The van der Waals surface area contributed by atoms with Gasteiger partial charge < -0.3 is 4.74 Å². The highest BCUT2D eigenvalue weighted by Crippen LogP contribution is 2.28. The number of nitrogens with two attached hydrogens (primary N) is 1. The average Bonchev–Trinajstić information content (AvgIpc) is 2.78. The van der Waals surface area contributed by atoms with E-state index in [1.165, 1.54) is 9.75 Å². The Labute approximate surface area is 118 Å². The molecule has 0 amide bonds. The molecule has 0 saturated heterocycles. The molecule has 0 aliphatic heterocycles. The molecule has 2 rings (SSSR count). The molecule has 3 N–H and O–H groups in total. The van der Waals surface area contributed by atoms with Gasteiger partial charge in [-0.2, -0.15) is 0 Å². The van der Waals surface area contributed by atoms with E-state index >= 15 is 0 Å². The zero-order chi connectivity index (χ0) is 13.8. The van der Waals surface area contributed by atoms with Crippen LogP contribution in [0.25, 0.3) is 0 Å². The molecule has 1 atom stereocenters. The van der Waals surface area contributed by atoms with Gasteiger partial charge in [0.15, 0.2) is 0 Å². The molecule has 0 aliphatic rings. The van der Waals surface area contributed by atoms with Crippen LogP contribution in [-0.2, 0) is 0 Å². The largest absolute Gasteiger partial charge is 0.491 e. The molecular formula is C15H20N2OS. The van der Waals surface area contributed by atoms with Crippen molar-refractivity contribution in [3.05, 3.63) is 51.7 Å². The van der Waals surface area contributed by atoms with Crippen LogP contribution in [0.3, 0.4) is 0 Å². The molecule has 102 valence electrons. The van der Waals surface area contributed by atoms with Crippen molar-refractivity contribution >= 4 is 11.3 Å². The van der Waals surface area contributed by atoms with Gasteiger partial charge in [0, 0.05) is 9.75 Å². The molecule has 3 nitrogen and oxygen atoms in total. The molecule has 0 fully saturated rings. The van der Waals surface area contributed by atoms with E-state index < -0.39 is 0 Å². The maximum Gasteiger partial charge on any atom is 0.119 e. The summed E-state index contributed by atoms with van der Waals surface area (Å²) in [5.74, 6) is 6.58.